The molecule has 4 aromatic rings. The van der Waals surface area contributed by atoms with Crippen LogP contribution in [0.15, 0.2) is 28.7 Å². The van der Waals surface area contributed by atoms with Crippen molar-refractivity contribution in [3.63, 3.8) is 0 Å². The summed E-state index contributed by atoms with van der Waals surface area (Å²) < 4.78 is 22.6. The molecule has 0 aliphatic carbocycles. The molecule has 0 atom stereocenters. The van der Waals surface area contributed by atoms with Crippen molar-refractivity contribution in [2.24, 2.45) is 10.2 Å². The number of hydrogen-bond donors (Lipinski definition) is 0. The van der Waals surface area contributed by atoms with Crippen LogP contribution in [0.1, 0.15) is 0 Å². The third kappa shape index (κ3) is 3.61. The summed E-state index contributed by atoms with van der Waals surface area (Å²) in [5.41, 5.74) is 0. The van der Waals surface area contributed by atoms with Crippen molar-refractivity contribution >= 4 is 46.5 Å². The standard InChI is InChI=1S/C8Cl2N12O7/c9-1-5(17-26-13-1)21(23)11-3-7(19-28-15-3)25-8-4(16-29-20-8)12-22(24)6-2(10)14-27-18-6. The van der Waals surface area contributed by atoms with Gasteiger partial charge in [-0.05, 0) is 64.4 Å². The first kappa shape index (κ1) is 18.1. The minimum atomic E-state index is -0.482. The second-order valence-electron chi connectivity index (χ2n) is 4.39. The Balaban J connectivity index is 1.60. The lowest BCUT2D eigenvalue weighted by atomic mass is 10.6. The smallest absolute Gasteiger partial charge is 0.437 e. The molecular formula is C8Cl2N12O7. The molecule has 29 heavy (non-hydrogen) atoms. The van der Waals surface area contributed by atoms with Crippen molar-refractivity contribution in [3.8, 4) is 11.8 Å². The Bertz CT molecular complexity index is 1120. The van der Waals surface area contributed by atoms with E-state index in [1.165, 1.54) is 0 Å². The van der Waals surface area contributed by atoms with Gasteiger partial charge in [-0.3, -0.25) is 0 Å². The number of ether oxygens (including phenoxy) is 1. The molecule has 4 heterocycles. The summed E-state index contributed by atoms with van der Waals surface area (Å²) in [5.74, 6) is -2.86. The molecule has 0 amide bonds. The lowest BCUT2D eigenvalue weighted by molar-refractivity contribution is -0.441. The molecule has 0 fully saturated rings. The predicted molar refractivity (Wildman–Crippen MR) is 78.0 cm³/mol. The Morgan fingerprint density at radius 1 is 0.655 bits per heavy atom. The van der Waals surface area contributed by atoms with E-state index in [-0.39, 0.29) is 20.0 Å². The van der Waals surface area contributed by atoms with Gasteiger partial charge in [0.05, 0.1) is 0 Å². The number of hydrogen-bond acceptors (Lipinski definition) is 17. The first-order valence-electron chi connectivity index (χ1n) is 6.70. The van der Waals surface area contributed by atoms with E-state index in [1.807, 2.05) is 0 Å². The van der Waals surface area contributed by atoms with Gasteiger partial charge in [0, 0.05) is 0 Å². The molecule has 0 spiro atoms. The fraction of sp³-hybridized carbons (Fsp3) is 0. The Kier molecular flexibility index (Phi) is 4.62. The van der Waals surface area contributed by atoms with Gasteiger partial charge in [0.1, 0.15) is 0 Å². The summed E-state index contributed by atoms with van der Waals surface area (Å²) in [6.45, 7) is 0. The molecule has 0 aliphatic heterocycles. The van der Waals surface area contributed by atoms with Crippen molar-refractivity contribution in [3.05, 3.63) is 20.7 Å². The van der Waals surface area contributed by atoms with Crippen LogP contribution in [0.25, 0.3) is 0 Å². The molecular weight excluding hydrogens is 447 g/mol. The molecule has 0 bridgehead atoms. The maximum atomic E-state index is 11.9. The largest absolute Gasteiger partial charge is 0.690 e. The highest BCUT2D eigenvalue weighted by atomic mass is 35.5. The van der Waals surface area contributed by atoms with Gasteiger partial charge >= 0.3 is 35.0 Å². The first-order chi connectivity index (χ1) is 14.0. The number of rotatable bonds is 6. The summed E-state index contributed by atoms with van der Waals surface area (Å²) >= 11 is 11.2. The summed E-state index contributed by atoms with van der Waals surface area (Å²) in [5, 5.41) is 56.3. The number of nitrogens with zero attached hydrogens (tertiary/aromatic N) is 12. The van der Waals surface area contributed by atoms with E-state index in [4.69, 9.17) is 27.9 Å². The molecule has 0 saturated heterocycles. The van der Waals surface area contributed by atoms with Gasteiger partial charge in [0.2, 0.25) is 0 Å². The quantitative estimate of drug-likeness (QED) is 0.233. The van der Waals surface area contributed by atoms with Gasteiger partial charge in [0.25, 0.3) is 10.3 Å². The van der Waals surface area contributed by atoms with Gasteiger partial charge in [-0.2, -0.15) is 0 Å². The molecule has 0 saturated carbocycles. The topological polar surface area (TPSA) is 242 Å². The fourth-order valence-corrected chi connectivity index (χ4v) is 1.81. The summed E-state index contributed by atoms with van der Waals surface area (Å²) in [7, 11) is 0. The second-order valence-corrected chi connectivity index (χ2v) is 5.11. The van der Waals surface area contributed by atoms with Crippen molar-refractivity contribution in [1.29, 1.82) is 0 Å². The van der Waals surface area contributed by atoms with Gasteiger partial charge in [0.15, 0.2) is 10.3 Å². The van der Waals surface area contributed by atoms with Crippen molar-refractivity contribution in [1.82, 2.24) is 41.3 Å². The minimum absolute atomic E-state index is 0.0868. The maximum Gasteiger partial charge on any atom is 0.437 e. The Morgan fingerprint density at radius 2 is 1.07 bits per heavy atom. The first-order valence-corrected chi connectivity index (χ1v) is 7.45. The Labute approximate surface area is 164 Å². The van der Waals surface area contributed by atoms with E-state index in [9.17, 15) is 10.4 Å². The van der Waals surface area contributed by atoms with Crippen LogP contribution >= 0.6 is 23.2 Å². The highest BCUT2D eigenvalue weighted by Gasteiger charge is 2.25. The van der Waals surface area contributed by atoms with E-state index < -0.39 is 35.0 Å². The number of azo groups is 2. The predicted octanol–water partition coefficient (Wildman–Crippen LogP) is 2.17. The van der Waals surface area contributed by atoms with Gasteiger partial charge in [-0.15, -0.1) is 19.0 Å². The normalized spacial score (nSPS) is 12.5. The number of aromatic nitrogens is 8. The van der Waals surface area contributed by atoms with Crippen LogP contribution in [-0.2, 0) is 0 Å². The molecule has 0 radical (unpaired) electrons. The van der Waals surface area contributed by atoms with Gasteiger partial charge in [-0.1, -0.05) is 0 Å². The van der Waals surface area contributed by atoms with E-state index >= 15 is 0 Å². The van der Waals surface area contributed by atoms with Crippen LogP contribution in [0.3, 0.4) is 0 Å². The fourth-order valence-electron chi connectivity index (χ4n) is 1.54. The molecule has 148 valence electrons. The van der Waals surface area contributed by atoms with E-state index in [0.29, 0.717) is 0 Å². The third-order valence-electron chi connectivity index (χ3n) is 2.68. The SMILES string of the molecule is [O-][N+](=Nc1nonc1Oc1nonc1N=[N+]([O-])c1nonc1Cl)c1nonc1Cl. The highest BCUT2D eigenvalue weighted by Crippen LogP contribution is 2.33. The molecule has 19 nitrogen and oxygen atoms in total. The van der Waals surface area contributed by atoms with Crippen molar-refractivity contribution in [2.45, 2.75) is 0 Å². The van der Waals surface area contributed by atoms with Crippen LogP contribution in [0, 0.1) is 10.4 Å². The van der Waals surface area contributed by atoms with Crippen LogP contribution in [0.5, 0.6) is 11.8 Å². The lowest BCUT2D eigenvalue weighted by Gasteiger charge is -2.00. The van der Waals surface area contributed by atoms with Crippen LogP contribution in [0.4, 0.5) is 23.3 Å². The van der Waals surface area contributed by atoms with Crippen LogP contribution in [-0.4, -0.2) is 51.0 Å². The molecule has 0 aromatic carbocycles. The zero-order valence-corrected chi connectivity index (χ0v) is 14.5. The molecule has 21 heteroatoms. The molecule has 4 rings (SSSR count). The minimum Gasteiger partial charge on any atom is -0.690 e. The zero-order valence-electron chi connectivity index (χ0n) is 13.0. The van der Waals surface area contributed by atoms with E-state index in [1.54, 1.807) is 0 Å². The zero-order chi connectivity index (χ0) is 20.4. The lowest BCUT2D eigenvalue weighted by Crippen LogP contribution is -1.94. The number of halogens is 2. The van der Waals surface area contributed by atoms with Gasteiger partial charge in [-0.25, -0.2) is 9.26 Å². The summed E-state index contributed by atoms with van der Waals surface area (Å²) in [4.78, 5) is -0.174. The monoisotopic (exact) mass is 446 g/mol. The molecule has 0 N–H and O–H groups in total. The Hall–Kier alpha value is -4.26. The molecule has 4 aromatic heterocycles. The maximum absolute atomic E-state index is 11.9. The summed E-state index contributed by atoms with van der Waals surface area (Å²) in [6.07, 6.45) is 0. The van der Waals surface area contributed by atoms with Crippen molar-refractivity contribution < 1.29 is 33.0 Å². The van der Waals surface area contributed by atoms with Crippen LogP contribution < -0.4 is 4.74 Å². The average Bonchev–Trinajstić information content (AvgIpc) is 3.46. The van der Waals surface area contributed by atoms with Crippen molar-refractivity contribution in [2.75, 3.05) is 0 Å². The van der Waals surface area contributed by atoms with E-state index in [0.717, 1.165) is 0 Å². The van der Waals surface area contributed by atoms with Gasteiger partial charge < -0.3 is 15.2 Å². The Morgan fingerprint density at radius 3 is 1.45 bits per heavy atom. The average molecular weight is 447 g/mol. The molecule has 0 unspecified atom stereocenters. The van der Waals surface area contributed by atoms with Crippen LogP contribution in [0.2, 0.25) is 10.3 Å². The van der Waals surface area contributed by atoms with E-state index in [2.05, 4.69) is 70.0 Å². The highest BCUT2D eigenvalue weighted by molar-refractivity contribution is 6.31. The second kappa shape index (κ2) is 7.40. The summed E-state index contributed by atoms with van der Waals surface area (Å²) in [6, 6.07) is 0. The third-order valence-corrected chi connectivity index (χ3v) is 3.15. The molecule has 0 aliphatic rings.